The monoisotopic (exact) mass is 1000 g/mol. The Morgan fingerprint density at radius 3 is 1.16 bits per heavy atom. The number of hydrogen-bond donors (Lipinski definition) is 0. The van der Waals surface area contributed by atoms with Crippen LogP contribution in [0.15, 0.2) is 0 Å². The molecule has 0 saturated carbocycles. The Balaban J connectivity index is -0.00000112. The van der Waals surface area contributed by atoms with Gasteiger partial charge in [0.2, 0.25) is 62.4 Å². The largest absolute Gasteiger partial charge is 1.00 e. The van der Waals surface area contributed by atoms with Gasteiger partial charge in [-0.1, -0.05) is 0 Å². The van der Waals surface area contributed by atoms with Crippen molar-refractivity contribution in [1.29, 1.82) is 0 Å². The molecule has 27 nitrogen and oxygen atoms in total. The van der Waals surface area contributed by atoms with Gasteiger partial charge in [-0.25, -0.2) is 50.5 Å². The maximum atomic E-state index is 11.4. The van der Waals surface area contributed by atoms with Crippen molar-refractivity contribution in [3.63, 3.8) is 0 Å². The average Bonchev–Trinajstić information content (AvgIpc) is 3.06. The van der Waals surface area contributed by atoms with Crippen LogP contribution in [0.4, 0.5) is 0 Å². The van der Waals surface area contributed by atoms with Crippen molar-refractivity contribution in [2.24, 2.45) is 0 Å². The van der Waals surface area contributed by atoms with Gasteiger partial charge >= 0.3 is 308 Å². The quantitative estimate of drug-likeness (QED) is 0.0787. The van der Waals surface area contributed by atoms with Crippen LogP contribution in [0.3, 0.4) is 0 Å². The zero-order chi connectivity index (χ0) is 34.1. The topological polar surface area (TPSA) is 426 Å². The molecule has 0 aromatic heterocycles. The van der Waals surface area contributed by atoms with E-state index in [1.807, 2.05) is 0 Å². The minimum atomic E-state index is -6.11. The summed E-state index contributed by atoms with van der Waals surface area (Å²) in [4.78, 5) is 0. The van der Waals surface area contributed by atoms with E-state index in [1.54, 1.807) is 0 Å². The van der Waals surface area contributed by atoms with E-state index >= 15 is 0 Å². The molecule has 2 fully saturated rings. The standard InChI is InChI=1S/C11H20O27S6.6K/c12-39(13,14)31-2-4-7(8(36-42(21,22)23)5(33-4)3-32-40(15,16)17)34-11-10(38-44(27,28)29)9(37-43(24,25)26)6(1-30-11)35-41(18,19)20;;;;;;/h4-11H,1-3H2,(H,12,13,14)(H,15,16,17)(H,18,19,20)(H,21,22,23)(H,24,25,26)(H,27,28,29);;;;;;/q;6*+1/p-6/t4-,5-,6-,7-,8-,9-,10+,11-;;;;;;/m1....../s1. The zero-order valence-corrected chi connectivity index (χ0v) is 49.8. The van der Waals surface area contributed by atoms with E-state index in [2.05, 4.69) is 25.1 Å². The third kappa shape index (κ3) is 29.3. The van der Waals surface area contributed by atoms with Crippen LogP contribution >= 0.6 is 0 Å². The molecular formula is C11H14K6O27S6. The molecule has 0 aliphatic carbocycles. The summed E-state index contributed by atoms with van der Waals surface area (Å²) in [5.41, 5.74) is 0. The molecule has 0 bridgehead atoms. The van der Waals surface area contributed by atoms with Gasteiger partial charge in [-0.3, -0.25) is 25.1 Å². The smallest absolute Gasteiger partial charge is 0.726 e. The first-order valence-electron chi connectivity index (χ1n) is 10.2. The van der Waals surface area contributed by atoms with Crippen LogP contribution in [0, 0.1) is 0 Å². The van der Waals surface area contributed by atoms with Gasteiger partial charge in [-0.15, -0.1) is 0 Å². The number of rotatable bonds is 16. The van der Waals surface area contributed by atoms with E-state index in [9.17, 15) is 77.8 Å². The molecule has 0 N–H and O–H groups in total. The van der Waals surface area contributed by atoms with Crippen molar-refractivity contribution in [1.82, 2.24) is 0 Å². The average molecular weight is 1010 g/mol. The second-order valence-corrected chi connectivity index (χ2v) is 14.0. The first-order chi connectivity index (χ1) is 19.5. The van der Waals surface area contributed by atoms with Crippen molar-refractivity contribution in [3.05, 3.63) is 0 Å². The normalized spacial score (nSPS) is 27.5. The fourth-order valence-electron chi connectivity index (χ4n) is 3.53. The van der Waals surface area contributed by atoms with Crippen LogP contribution in [0.2, 0.25) is 0 Å². The van der Waals surface area contributed by atoms with Crippen LogP contribution in [-0.4, -0.2) is 147 Å². The van der Waals surface area contributed by atoms with E-state index < -0.39 is 131 Å². The van der Waals surface area contributed by atoms with Gasteiger partial charge in [0.1, 0.15) is 36.6 Å². The van der Waals surface area contributed by atoms with Gasteiger partial charge in [0.05, 0.1) is 19.8 Å². The fraction of sp³-hybridized carbons (Fsp3) is 1.00. The number of hydrogen-bond acceptors (Lipinski definition) is 27. The fourth-order valence-corrected chi connectivity index (χ4v) is 6.08. The Hall–Kier alpha value is 8.92. The number of ether oxygens (including phenoxy) is 3. The summed E-state index contributed by atoms with van der Waals surface area (Å²) in [6, 6.07) is 0. The Labute approximate surface area is 541 Å². The molecule has 2 rings (SSSR count). The summed E-state index contributed by atoms with van der Waals surface area (Å²) in [5, 5.41) is 0. The predicted octanol–water partition coefficient (Wildman–Crippen LogP) is -25.1. The van der Waals surface area contributed by atoms with Crippen molar-refractivity contribution >= 4 is 62.4 Å². The van der Waals surface area contributed by atoms with Crippen LogP contribution < -0.4 is 308 Å². The molecule has 0 spiro atoms. The van der Waals surface area contributed by atoms with Gasteiger partial charge in [0.25, 0.3) is 0 Å². The second-order valence-electron chi connectivity index (χ2n) is 7.85. The van der Waals surface area contributed by atoms with Crippen LogP contribution in [-0.2, 0) is 102 Å². The van der Waals surface area contributed by atoms with Gasteiger partial charge in [-0.2, -0.15) is 0 Å². The van der Waals surface area contributed by atoms with Gasteiger partial charge in [-0.05, 0) is 0 Å². The molecule has 2 saturated heterocycles. The van der Waals surface area contributed by atoms with E-state index in [1.165, 1.54) is 0 Å². The van der Waals surface area contributed by atoms with Crippen LogP contribution in [0.5, 0.6) is 0 Å². The predicted molar refractivity (Wildman–Crippen MR) is 113 cm³/mol. The van der Waals surface area contributed by atoms with Gasteiger partial charge in [0.15, 0.2) is 12.4 Å². The third-order valence-corrected chi connectivity index (χ3v) is 7.47. The Morgan fingerprint density at radius 2 is 0.800 bits per heavy atom. The molecule has 262 valence electrons. The summed E-state index contributed by atoms with van der Waals surface area (Å²) in [6.45, 7) is -4.55. The maximum absolute atomic E-state index is 11.4. The van der Waals surface area contributed by atoms with E-state index in [4.69, 9.17) is 14.2 Å². The molecular weight excluding hydrogens is 991 g/mol. The zero-order valence-electron chi connectivity index (χ0n) is 26.2. The molecule has 2 heterocycles. The van der Waals surface area contributed by atoms with Crippen molar-refractivity contribution < 1.29 is 425 Å². The summed E-state index contributed by atoms with van der Waals surface area (Å²) in [7, 11) is -35.2. The maximum Gasteiger partial charge on any atom is 1.00 e. The van der Waals surface area contributed by atoms with E-state index in [0.29, 0.717) is 0 Å². The summed E-state index contributed by atoms with van der Waals surface area (Å²) < 4.78 is 239. The van der Waals surface area contributed by atoms with E-state index in [0.717, 1.165) is 0 Å². The molecule has 0 aromatic rings. The molecule has 50 heavy (non-hydrogen) atoms. The second kappa shape index (κ2) is 28.7. The first-order valence-corrected chi connectivity index (χ1v) is 18.2. The Bertz CT molecular complexity index is 1690. The van der Waals surface area contributed by atoms with Crippen molar-refractivity contribution in [2.45, 2.75) is 49.0 Å². The molecule has 2 aliphatic heterocycles. The Morgan fingerprint density at radius 1 is 0.460 bits per heavy atom. The Kier molecular flexibility index (Phi) is 39.0. The summed E-state index contributed by atoms with van der Waals surface area (Å²) in [5.74, 6) is 0. The molecule has 2 aliphatic rings. The molecule has 0 unspecified atom stereocenters. The molecule has 39 heteroatoms. The minimum absolute atomic E-state index is 0. The van der Waals surface area contributed by atoms with Crippen molar-refractivity contribution in [3.8, 4) is 0 Å². The first kappa shape index (κ1) is 68.0. The van der Waals surface area contributed by atoms with Crippen molar-refractivity contribution in [2.75, 3.05) is 19.8 Å². The molecule has 0 radical (unpaired) electrons. The summed E-state index contributed by atoms with van der Waals surface area (Å²) >= 11 is 0. The molecule has 0 aromatic carbocycles. The summed E-state index contributed by atoms with van der Waals surface area (Å²) in [6.07, 6.45) is -21.0. The van der Waals surface area contributed by atoms with Gasteiger partial charge in [0, 0.05) is 0 Å². The minimum Gasteiger partial charge on any atom is -0.726 e. The molecule has 8 atom stereocenters. The molecule has 0 amide bonds. The van der Waals surface area contributed by atoms with Gasteiger partial charge < -0.3 is 41.5 Å². The SMILES string of the molecule is O=S(=O)([O-])OC[C@H]1O[C@H](COS(=O)(=O)[O-])[C@@H](OS(=O)(=O)[O-])[C@@H]1O[C@H]1OC[C@@H](OS(=O)(=O)[O-])[C@@H](OS(=O)(=O)[O-])[C@@H]1OS(=O)(=O)[O-].[K+].[K+].[K+].[K+].[K+].[K+]. The third-order valence-electron chi connectivity index (χ3n) is 4.76. The van der Waals surface area contributed by atoms with Crippen LogP contribution in [0.1, 0.15) is 0 Å². The van der Waals surface area contributed by atoms with Crippen LogP contribution in [0.25, 0.3) is 0 Å². The van der Waals surface area contributed by atoms with E-state index in [-0.39, 0.29) is 308 Å².